The van der Waals surface area contributed by atoms with Crippen molar-refractivity contribution in [3.63, 3.8) is 0 Å². The molecule has 11 heteroatoms. The summed E-state index contributed by atoms with van der Waals surface area (Å²) in [6.07, 6.45) is 7.06. The van der Waals surface area contributed by atoms with Crippen molar-refractivity contribution in [1.82, 2.24) is 29.6 Å². The standard InChI is InChI=1S/C27H30N8O3/c1-33-24(18-34-4-8-37-9-5-34)22(17-31-33)23-12-20-13-25(30-16-21(20)15-29-23)32-27(36)19-2-3-28-26(14-19)35-6-10-38-11-7-35/h2-3,12-17H,4-11,18H2,1H3,(H,30,32,36). The van der Waals surface area contributed by atoms with Crippen LogP contribution in [0.1, 0.15) is 16.1 Å². The van der Waals surface area contributed by atoms with Gasteiger partial charge in [-0.3, -0.25) is 19.4 Å². The van der Waals surface area contributed by atoms with Crippen LogP contribution in [0.25, 0.3) is 22.0 Å². The number of anilines is 2. The number of hydrogen-bond acceptors (Lipinski definition) is 9. The quantitative estimate of drug-likeness (QED) is 0.415. The summed E-state index contributed by atoms with van der Waals surface area (Å²) in [5, 5.41) is 9.26. The lowest BCUT2D eigenvalue weighted by Crippen LogP contribution is -2.36. The van der Waals surface area contributed by atoms with Crippen molar-refractivity contribution < 1.29 is 14.3 Å². The van der Waals surface area contributed by atoms with Gasteiger partial charge in [-0.1, -0.05) is 0 Å². The van der Waals surface area contributed by atoms with E-state index < -0.39 is 0 Å². The van der Waals surface area contributed by atoms with E-state index in [1.54, 1.807) is 18.5 Å². The normalized spacial score (nSPS) is 16.6. The van der Waals surface area contributed by atoms with Gasteiger partial charge in [-0.15, -0.1) is 0 Å². The van der Waals surface area contributed by atoms with Crippen LogP contribution >= 0.6 is 0 Å². The zero-order chi connectivity index (χ0) is 25.9. The van der Waals surface area contributed by atoms with E-state index in [-0.39, 0.29) is 5.91 Å². The maximum Gasteiger partial charge on any atom is 0.257 e. The lowest BCUT2D eigenvalue weighted by molar-refractivity contribution is 0.0332. The Morgan fingerprint density at radius 2 is 1.68 bits per heavy atom. The number of amides is 1. The summed E-state index contributed by atoms with van der Waals surface area (Å²) in [5.74, 6) is 1.01. The Bertz CT molecular complexity index is 1440. The molecule has 196 valence electrons. The number of fused-ring (bicyclic) bond motifs is 1. The molecule has 2 aliphatic heterocycles. The molecule has 1 N–H and O–H groups in total. The number of aromatic nitrogens is 5. The number of ether oxygens (including phenoxy) is 2. The lowest BCUT2D eigenvalue weighted by atomic mass is 10.1. The van der Waals surface area contributed by atoms with E-state index in [2.05, 4.69) is 30.2 Å². The van der Waals surface area contributed by atoms with Crippen LogP contribution in [0.4, 0.5) is 11.6 Å². The highest BCUT2D eigenvalue weighted by Gasteiger charge is 2.19. The van der Waals surface area contributed by atoms with Gasteiger partial charge in [0.15, 0.2) is 0 Å². The van der Waals surface area contributed by atoms with E-state index in [1.807, 2.05) is 42.3 Å². The highest BCUT2D eigenvalue weighted by Crippen LogP contribution is 2.27. The Kier molecular flexibility index (Phi) is 6.95. The van der Waals surface area contributed by atoms with Crippen LogP contribution in [0.2, 0.25) is 0 Å². The van der Waals surface area contributed by atoms with Crippen LogP contribution in [-0.2, 0) is 23.1 Å². The molecular weight excluding hydrogens is 484 g/mol. The van der Waals surface area contributed by atoms with Crippen LogP contribution in [0.15, 0.2) is 49.1 Å². The predicted molar refractivity (Wildman–Crippen MR) is 143 cm³/mol. The van der Waals surface area contributed by atoms with Crippen LogP contribution in [-0.4, -0.2) is 88.1 Å². The molecule has 11 nitrogen and oxygen atoms in total. The SMILES string of the molecule is Cn1ncc(-c2cc3cc(NC(=O)c4ccnc(N5CCOCC5)c4)ncc3cn2)c1CN1CCOCC1. The highest BCUT2D eigenvalue weighted by molar-refractivity contribution is 6.05. The van der Waals surface area contributed by atoms with E-state index in [4.69, 9.17) is 14.5 Å². The minimum absolute atomic E-state index is 0.233. The molecule has 0 spiro atoms. The molecule has 2 aliphatic rings. The van der Waals surface area contributed by atoms with E-state index in [9.17, 15) is 4.79 Å². The summed E-state index contributed by atoms with van der Waals surface area (Å²) in [6, 6.07) is 7.42. The maximum atomic E-state index is 13.1. The number of carbonyl (C=O) groups excluding carboxylic acids is 1. The third-order valence-corrected chi connectivity index (χ3v) is 7.00. The number of nitrogens with one attached hydrogen (secondary N) is 1. The minimum atomic E-state index is -0.233. The van der Waals surface area contributed by atoms with Gasteiger partial charge in [0.25, 0.3) is 5.91 Å². The zero-order valence-electron chi connectivity index (χ0n) is 21.3. The first-order valence-electron chi connectivity index (χ1n) is 12.8. The number of morpholine rings is 2. The average Bonchev–Trinajstić information content (AvgIpc) is 3.33. The number of nitrogens with zero attached hydrogens (tertiary/aromatic N) is 7. The number of pyridine rings is 3. The van der Waals surface area contributed by atoms with Gasteiger partial charge in [0, 0.05) is 74.9 Å². The topological polar surface area (TPSA) is 111 Å². The molecule has 0 radical (unpaired) electrons. The second-order valence-corrected chi connectivity index (χ2v) is 9.46. The fourth-order valence-electron chi connectivity index (χ4n) is 4.80. The molecule has 0 bridgehead atoms. The van der Waals surface area contributed by atoms with Crippen molar-refractivity contribution in [3.05, 3.63) is 60.3 Å². The van der Waals surface area contributed by atoms with Gasteiger partial charge in [0.1, 0.15) is 11.6 Å². The van der Waals surface area contributed by atoms with E-state index in [1.165, 1.54) is 0 Å². The Morgan fingerprint density at radius 1 is 0.921 bits per heavy atom. The van der Waals surface area contributed by atoms with Crippen molar-refractivity contribution >= 4 is 28.3 Å². The summed E-state index contributed by atoms with van der Waals surface area (Å²) in [4.78, 5) is 31.1. The van der Waals surface area contributed by atoms with E-state index >= 15 is 0 Å². The van der Waals surface area contributed by atoms with Crippen molar-refractivity contribution in [3.8, 4) is 11.3 Å². The van der Waals surface area contributed by atoms with Crippen LogP contribution in [0.3, 0.4) is 0 Å². The fraction of sp³-hybridized carbons (Fsp3) is 0.370. The van der Waals surface area contributed by atoms with Crippen molar-refractivity contribution in [2.45, 2.75) is 6.54 Å². The zero-order valence-corrected chi connectivity index (χ0v) is 21.3. The van der Waals surface area contributed by atoms with E-state index in [0.29, 0.717) is 24.6 Å². The molecule has 38 heavy (non-hydrogen) atoms. The van der Waals surface area contributed by atoms with Gasteiger partial charge in [-0.2, -0.15) is 5.10 Å². The lowest BCUT2D eigenvalue weighted by Gasteiger charge is -2.27. The second-order valence-electron chi connectivity index (χ2n) is 9.46. The highest BCUT2D eigenvalue weighted by atomic mass is 16.5. The molecule has 4 aromatic rings. The number of hydrogen-bond donors (Lipinski definition) is 1. The Labute approximate surface area is 220 Å². The van der Waals surface area contributed by atoms with Crippen LogP contribution in [0, 0.1) is 0 Å². The molecule has 0 atom stereocenters. The van der Waals surface area contributed by atoms with Gasteiger partial charge in [0.2, 0.25) is 0 Å². The molecule has 6 rings (SSSR count). The fourth-order valence-corrected chi connectivity index (χ4v) is 4.80. The van der Waals surface area contributed by atoms with Gasteiger partial charge in [-0.05, 0) is 29.7 Å². The Balaban J connectivity index is 1.22. The van der Waals surface area contributed by atoms with Gasteiger partial charge in [0.05, 0.1) is 44.0 Å². The number of rotatable bonds is 6. The van der Waals surface area contributed by atoms with E-state index in [0.717, 1.165) is 79.5 Å². The molecule has 2 fully saturated rings. The number of aryl methyl sites for hydroxylation is 1. The largest absolute Gasteiger partial charge is 0.379 e. The van der Waals surface area contributed by atoms with Crippen LogP contribution < -0.4 is 10.2 Å². The monoisotopic (exact) mass is 514 g/mol. The third-order valence-electron chi connectivity index (χ3n) is 7.00. The summed E-state index contributed by atoms with van der Waals surface area (Å²) in [7, 11) is 1.96. The molecule has 0 saturated carbocycles. The summed E-state index contributed by atoms with van der Waals surface area (Å²) >= 11 is 0. The van der Waals surface area contributed by atoms with Crippen LogP contribution in [0.5, 0.6) is 0 Å². The van der Waals surface area contributed by atoms with Crippen molar-refractivity contribution in [2.24, 2.45) is 7.05 Å². The predicted octanol–water partition coefficient (Wildman–Crippen LogP) is 2.35. The first-order chi connectivity index (χ1) is 18.6. The molecule has 0 aromatic carbocycles. The first-order valence-corrected chi connectivity index (χ1v) is 12.8. The molecule has 1 amide bonds. The Hall–Kier alpha value is -3.93. The number of carbonyl (C=O) groups is 1. The minimum Gasteiger partial charge on any atom is -0.379 e. The van der Waals surface area contributed by atoms with Gasteiger partial charge >= 0.3 is 0 Å². The first kappa shape index (κ1) is 24.4. The molecular formula is C27H30N8O3. The molecule has 4 aromatic heterocycles. The van der Waals surface area contributed by atoms with Crippen molar-refractivity contribution in [2.75, 3.05) is 62.8 Å². The Morgan fingerprint density at radius 3 is 2.50 bits per heavy atom. The maximum absolute atomic E-state index is 13.1. The van der Waals surface area contributed by atoms with Gasteiger partial charge < -0.3 is 19.7 Å². The average molecular weight is 515 g/mol. The summed E-state index contributed by atoms with van der Waals surface area (Å²) in [6.45, 7) is 6.90. The summed E-state index contributed by atoms with van der Waals surface area (Å²) < 4.78 is 12.8. The van der Waals surface area contributed by atoms with Crippen molar-refractivity contribution in [1.29, 1.82) is 0 Å². The van der Waals surface area contributed by atoms with Gasteiger partial charge in [-0.25, -0.2) is 9.97 Å². The smallest absolute Gasteiger partial charge is 0.257 e. The molecule has 2 saturated heterocycles. The molecule has 0 unspecified atom stereocenters. The molecule has 6 heterocycles. The second kappa shape index (κ2) is 10.8. The summed E-state index contributed by atoms with van der Waals surface area (Å²) in [5.41, 5.74) is 3.47. The molecule has 0 aliphatic carbocycles. The third kappa shape index (κ3) is 5.21.